The molecule has 23 heavy (non-hydrogen) atoms. The fourth-order valence-electron chi connectivity index (χ4n) is 1.71. The fraction of sp³-hybridized carbons (Fsp3) is 0.111. The predicted molar refractivity (Wildman–Crippen MR) is 85.7 cm³/mol. The topological polar surface area (TPSA) is 67.8 Å². The molecule has 0 spiro atoms. The molecule has 0 aromatic heterocycles. The highest BCUT2D eigenvalue weighted by Crippen LogP contribution is 2.11. The Morgan fingerprint density at radius 3 is 2.52 bits per heavy atom. The van der Waals surface area contributed by atoms with Crippen LogP contribution in [0.2, 0.25) is 0 Å². The molecule has 0 radical (unpaired) electrons. The van der Waals surface area contributed by atoms with Crippen molar-refractivity contribution < 1.29 is 14.3 Å². The lowest BCUT2D eigenvalue weighted by molar-refractivity contribution is 0.141. The molecule has 0 fully saturated rings. The molecule has 0 heterocycles. The number of alkyl carbamates (subject to hydrolysis) is 1. The molecule has 0 saturated heterocycles. The van der Waals surface area contributed by atoms with Gasteiger partial charge >= 0.3 is 6.09 Å². The molecule has 5 nitrogen and oxygen atoms in total. The lowest BCUT2D eigenvalue weighted by Crippen LogP contribution is -2.24. The van der Waals surface area contributed by atoms with Gasteiger partial charge in [0, 0.05) is 5.56 Å². The number of ether oxygens (including phenoxy) is 1. The van der Waals surface area contributed by atoms with Crippen molar-refractivity contribution in [1.29, 1.82) is 0 Å². The number of carbonyl (C=O) groups is 1. The Kier molecular flexibility index (Phi) is 6.15. The molecule has 1 N–H and O–H groups in total. The number of benzene rings is 2. The van der Waals surface area contributed by atoms with Gasteiger partial charge in [0.1, 0.15) is 6.61 Å². The van der Waals surface area contributed by atoms with Crippen molar-refractivity contribution in [2.24, 2.45) is 4.99 Å². The smallest absolute Gasteiger partial charge is 0.408 e. The molecule has 0 aliphatic carbocycles. The minimum Gasteiger partial charge on any atom is -0.445 e. The average Bonchev–Trinajstić information content (AvgIpc) is 2.59. The summed E-state index contributed by atoms with van der Waals surface area (Å²) in [6.07, 6.45) is 0.955. The van der Waals surface area contributed by atoms with E-state index < -0.39 is 6.09 Å². The average molecular weight is 306 g/mol. The summed E-state index contributed by atoms with van der Waals surface area (Å²) in [5, 5.41) is 2.55. The number of nitrogens with zero attached hydrogens (tertiary/aromatic N) is 1. The maximum Gasteiger partial charge on any atom is 0.408 e. The van der Waals surface area contributed by atoms with E-state index >= 15 is 0 Å². The van der Waals surface area contributed by atoms with Gasteiger partial charge in [-0.2, -0.15) is 4.99 Å². The molecule has 1 amide bonds. The van der Waals surface area contributed by atoms with Gasteiger partial charge in [0.2, 0.25) is 6.08 Å². The minimum atomic E-state index is -0.515. The van der Waals surface area contributed by atoms with E-state index in [1.807, 2.05) is 30.3 Å². The SMILES string of the molecule is O=C=Nc1ccc(C#CCNC(=O)OCc2ccccc2)cc1. The summed E-state index contributed by atoms with van der Waals surface area (Å²) in [6.45, 7) is 0.403. The molecule has 0 aliphatic rings. The largest absolute Gasteiger partial charge is 0.445 e. The molecule has 2 aromatic carbocycles. The third kappa shape index (κ3) is 5.88. The second kappa shape index (κ2) is 8.83. The van der Waals surface area contributed by atoms with Crippen molar-refractivity contribution >= 4 is 17.9 Å². The van der Waals surface area contributed by atoms with E-state index in [9.17, 15) is 9.59 Å². The molecule has 5 heteroatoms. The van der Waals surface area contributed by atoms with Crippen LogP contribution in [-0.4, -0.2) is 18.7 Å². The van der Waals surface area contributed by atoms with Crippen molar-refractivity contribution in [3.8, 4) is 11.8 Å². The maximum atomic E-state index is 11.5. The quantitative estimate of drug-likeness (QED) is 0.536. The molecule has 0 saturated carbocycles. The van der Waals surface area contributed by atoms with Crippen LogP contribution < -0.4 is 5.32 Å². The number of hydrogen-bond donors (Lipinski definition) is 1. The van der Waals surface area contributed by atoms with Crippen molar-refractivity contribution in [1.82, 2.24) is 5.32 Å². The number of hydrogen-bond acceptors (Lipinski definition) is 4. The molecule has 2 rings (SSSR count). The Labute approximate surface area is 134 Å². The van der Waals surface area contributed by atoms with Crippen LogP contribution in [0.3, 0.4) is 0 Å². The molecule has 0 aliphatic heterocycles. The highest BCUT2D eigenvalue weighted by atomic mass is 16.5. The van der Waals surface area contributed by atoms with Gasteiger partial charge in [-0.3, -0.25) is 0 Å². The lowest BCUT2D eigenvalue weighted by Gasteiger charge is -2.04. The Morgan fingerprint density at radius 1 is 1.09 bits per heavy atom. The number of rotatable bonds is 4. The van der Waals surface area contributed by atoms with E-state index in [0.29, 0.717) is 5.69 Å². The Hall–Kier alpha value is -3.35. The Bertz CT molecular complexity index is 752. The number of amides is 1. The van der Waals surface area contributed by atoms with Crippen LogP contribution in [0, 0.1) is 11.8 Å². The van der Waals surface area contributed by atoms with E-state index in [-0.39, 0.29) is 13.2 Å². The van der Waals surface area contributed by atoms with Crippen molar-refractivity contribution in [3.05, 3.63) is 65.7 Å². The normalized spacial score (nSPS) is 9.04. The van der Waals surface area contributed by atoms with Crippen LogP contribution in [0.5, 0.6) is 0 Å². The van der Waals surface area contributed by atoms with Crippen LogP contribution in [0.25, 0.3) is 0 Å². The monoisotopic (exact) mass is 306 g/mol. The molecule has 2 aromatic rings. The van der Waals surface area contributed by atoms with E-state index in [1.54, 1.807) is 24.3 Å². The molecular weight excluding hydrogens is 292 g/mol. The van der Waals surface area contributed by atoms with E-state index in [2.05, 4.69) is 22.2 Å². The summed E-state index contributed by atoms with van der Waals surface area (Å²) >= 11 is 0. The number of aliphatic imine (C=N–C) groups is 1. The van der Waals surface area contributed by atoms with E-state index in [4.69, 9.17) is 4.74 Å². The zero-order valence-electron chi connectivity index (χ0n) is 12.3. The zero-order chi connectivity index (χ0) is 16.3. The summed E-state index contributed by atoms with van der Waals surface area (Å²) in [5.74, 6) is 5.69. The van der Waals surface area contributed by atoms with Crippen molar-refractivity contribution in [2.45, 2.75) is 6.61 Å². The molecule has 114 valence electrons. The van der Waals surface area contributed by atoms with Gasteiger partial charge in [0.15, 0.2) is 0 Å². The Balaban J connectivity index is 1.74. The molecular formula is C18H14N2O3. The molecule has 0 unspecified atom stereocenters. The van der Waals surface area contributed by atoms with Crippen LogP contribution in [0.4, 0.5) is 10.5 Å². The standard InChI is InChI=1S/C18H14N2O3/c21-14-20-17-10-8-15(9-11-17)7-4-12-19-18(22)23-13-16-5-2-1-3-6-16/h1-3,5-6,8-11H,12-13H2,(H,19,22). The van der Waals surface area contributed by atoms with Crippen LogP contribution in [0.1, 0.15) is 11.1 Å². The highest BCUT2D eigenvalue weighted by molar-refractivity contribution is 5.67. The third-order valence-corrected chi connectivity index (χ3v) is 2.81. The van der Waals surface area contributed by atoms with Gasteiger partial charge in [-0.05, 0) is 29.8 Å². The predicted octanol–water partition coefficient (Wildman–Crippen LogP) is 2.93. The van der Waals surface area contributed by atoms with Gasteiger partial charge in [-0.25, -0.2) is 9.59 Å². The highest BCUT2D eigenvalue weighted by Gasteiger charge is 2.00. The van der Waals surface area contributed by atoms with Gasteiger partial charge in [-0.15, -0.1) is 0 Å². The van der Waals surface area contributed by atoms with E-state index in [0.717, 1.165) is 11.1 Å². The number of carbonyl (C=O) groups excluding carboxylic acids is 2. The van der Waals surface area contributed by atoms with Crippen LogP contribution in [-0.2, 0) is 16.1 Å². The maximum absolute atomic E-state index is 11.5. The van der Waals surface area contributed by atoms with E-state index in [1.165, 1.54) is 6.08 Å². The second-order valence-electron chi connectivity index (χ2n) is 4.47. The molecule has 0 bridgehead atoms. The van der Waals surface area contributed by atoms with Crippen LogP contribution in [0.15, 0.2) is 59.6 Å². The molecule has 0 atom stereocenters. The van der Waals surface area contributed by atoms with Crippen molar-refractivity contribution in [2.75, 3.05) is 6.54 Å². The van der Waals surface area contributed by atoms with Gasteiger partial charge in [0.05, 0.1) is 12.2 Å². The summed E-state index contributed by atoms with van der Waals surface area (Å²) in [6, 6.07) is 16.2. The summed E-state index contributed by atoms with van der Waals surface area (Å²) in [4.78, 5) is 25.1. The number of isocyanates is 1. The first kappa shape index (κ1) is 16.0. The first-order chi connectivity index (χ1) is 11.3. The first-order valence-electron chi connectivity index (χ1n) is 6.89. The summed E-state index contributed by atoms with van der Waals surface area (Å²) < 4.78 is 5.06. The van der Waals surface area contributed by atoms with Gasteiger partial charge in [0.25, 0.3) is 0 Å². The van der Waals surface area contributed by atoms with Gasteiger partial charge < -0.3 is 10.1 Å². The lowest BCUT2D eigenvalue weighted by atomic mass is 10.2. The van der Waals surface area contributed by atoms with Crippen LogP contribution >= 0.6 is 0 Å². The fourth-order valence-corrected chi connectivity index (χ4v) is 1.71. The van der Waals surface area contributed by atoms with Gasteiger partial charge in [-0.1, -0.05) is 42.2 Å². The zero-order valence-corrected chi connectivity index (χ0v) is 12.3. The first-order valence-corrected chi connectivity index (χ1v) is 6.89. The summed E-state index contributed by atoms with van der Waals surface area (Å²) in [5.41, 5.74) is 2.20. The third-order valence-electron chi connectivity index (χ3n) is 2.81. The Morgan fingerprint density at radius 2 is 1.83 bits per heavy atom. The second-order valence-corrected chi connectivity index (χ2v) is 4.47. The van der Waals surface area contributed by atoms with Crippen molar-refractivity contribution in [3.63, 3.8) is 0 Å². The number of nitrogens with one attached hydrogen (secondary N) is 1. The summed E-state index contributed by atoms with van der Waals surface area (Å²) in [7, 11) is 0. The minimum absolute atomic E-state index is 0.182.